The molecule has 0 aliphatic carbocycles. The molecule has 140 valence electrons. The summed E-state index contributed by atoms with van der Waals surface area (Å²) >= 11 is 5.90. The van der Waals surface area contributed by atoms with Crippen molar-refractivity contribution in [2.24, 2.45) is 0 Å². The van der Waals surface area contributed by atoms with Crippen LogP contribution in [0.5, 0.6) is 0 Å². The number of carbonyl (C=O) groups excluding carboxylic acids is 1. The lowest BCUT2D eigenvalue weighted by molar-refractivity contribution is -0.120. The van der Waals surface area contributed by atoms with Gasteiger partial charge in [-0.1, -0.05) is 29.8 Å². The van der Waals surface area contributed by atoms with E-state index in [0.29, 0.717) is 17.3 Å². The topological polar surface area (TPSA) is 75.7 Å². The number of nitrogens with one attached hydrogen (secondary N) is 1. The minimum Gasteiger partial charge on any atom is -0.383 e. The molecule has 0 aliphatic heterocycles. The summed E-state index contributed by atoms with van der Waals surface area (Å²) in [7, 11) is -2.38. The first-order valence-electron chi connectivity index (χ1n) is 7.96. The summed E-state index contributed by atoms with van der Waals surface area (Å²) in [5, 5.41) is 3.20. The number of carbonyl (C=O) groups is 1. The maximum atomic E-state index is 13.1. The van der Waals surface area contributed by atoms with Gasteiger partial charge in [0.2, 0.25) is 5.91 Å². The van der Waals surface area contributed by atoms with Crippen LogP contribution >= 0.6 is 11.6 Å². The van der Waals surface area contributed by atoms with Crippen LogP contribution in [0.4, 0.5) is 5.69 Å². The van der Waals surface area contributed by atoms with Crippen molar-refractivity contribution in [3.8, 4) is 0 Å². The lowest BCUT2D eigenvalue weighted by Crippen LogP contribution is -2.44. The summed E-state index contributed by atoms with van der Waals surface area (Å²) in [6.07, 6.45) is 0. The molecule has 0 spiro atoms. The lowest BCUT2D eigenvalue weighted by atomic mass is 10.3. The highest BCUT2D eigenvalue weighted by Crippen LogP contribution is 2.24. The molecular formula is C18H21ClN2O4S. The van der Waals surface area contributed by atoms with Crippen molar-refractivity contribution >= 4 is 33.2 Å². The molecule has 0 aromatic heterocycles. The third-order valence-corrected chi connectivity index (χ3v) is 5.60. The predicted octanol–water partition coefficient (Wildman–Crippen LogP) is 2.69. The molecule has 2 aromatic rings. The third kappa shape index (κ3) is 5.20. The molecule has 2 aromatic carbocycles. The third-order valence-electron chi connectivity index (χ3n) is 3.56. The lowest BCUT2D eigenvalue weighted by Gasteiger charge is -2.25. The maximum absolute atomic E-state index is 13.1. The second-order valence-electron chi connectivity index (χ2n) is 5.73. The molecule has 0 radical (unpaired) electrons. The standard InChI is InChI=1S/C18H21ClN2O4S/c1-14(13-25-2)20-18(22)12-21(16-10-8-15(19)9-11-16)26(23,24)17-6-4-3-5-7-17/h3-11,14H,12-13H2,1-2H3,(H,20,22)/t14-/m0/s1. The normalized spacial score (nSPS) is 12.4. The van der Waals surface area contributed by atoms with E-state index in [1.807, 2.05) is 0 Å². The van der Waals surface area contributed by atoms with Gasteiger partial charge in [-0.3, -0.25) is 9.10 Å². The summed E-state index contributed by atoms with van der Waals surface area (Å²) in [6, 6.07) is 14.0. The Morgan fingerprint density at radius 2 is 1.77 bits per heavy atom. The number of nitrogens with zero attached hydrogens (tertiary/aromatic N) is 1. The highest BCUT2D eigenvalue weighted by atomic mass is 35.5. The van der Waals surface area contributed by atoms with Crippen molar-refractivity contribution < 1.29 is 17.9 Å². The summed E-state index contributed by atoms with van der Waals surface area (Å²) in [5.74, 6) is -0.427. The monoisotopic (exact) mass is 396 g/mol. The van der Waals surface area contributed by atoms with Gasteiger partial charge >= 0.3 is 0 Å². The summed E-state index contributed by atoms with van der Waals surface area (Å²) in [6.45, 7) is 1.75. The van der Waals surface area contributed by atoms with Gasteiger partial charge in [0.25, 0.3) is 10.0 Å². The minimum absolute atomic E-state index is 0.104. The molecule has 0 aliphatic rings. The highest BCUT2D eigenvalue weighted by Gasteiger charge is 2.27. The van der Waals surface area contributed by atoms with Crippen LogP contribution in [0.25, 0.3) is 0 Å². The predicted molar refractivity (Wildman–Crippen MR) is 102 cm³/mol. The fraction of sp³-hybridized carbons (Fsp3) is 0.278. The summed E-state index contributed by atoms with van der Waals surface area (Å²) < 4.78 is 32.2. The van der Waals surface area contributed by atoms with Crippen molar-refractivity contribution in [2.75, 3.05) is 24.6 Å². The second kappa shape index (κ2) is 9.02. The van der Waals surface area contributed by atoms with E-state index in [4.69, 9.17) is 16.3 Å². The van der Waals surface area contributed by atoms with Crippen molar-refractivity contribution in [1.82, 2.24) is 5.32 Å². The van der Waals surface area contributed by atoms with E-state index in [9.17, 15) is 13.2 Å². The molecule has 1 atom stereocenters. The van der Waals surface area contributed by atoms with E-state index >= 15 is 0 Å². The van der Waals surface area contributed by atoms with Gasteiger partial charge in [-0.2, -0.15) is 0 Å². The Labute approximate surface area is 158 Å². The van der Waals surface area contributed by atoms with Crippen molar-refractivity contribution in [1.29, 1.82) is 0 Å². The first kappa shape index (κ1) is 20.2. The Hall–Kier alpha value is -2.09. The van der Waals surface area contributed by atoms with E-state index in [1.165, 1.54) is 19.2 Å². The number of halogens is 1. The molecule has 0 fully saturated rings. The number of amides is 1. The van der Waals surface area contributed by atoms with Gasteiger partial charge in [0, 0.05) is 18.2 Å². The van der Waals surface area contributed by atoms with Crippen LogP contribution < -0.4 is 9.62 Å². The number of hydrogen-bond acceptors (Lipinski definition) is 4. The zero-order valence-corrected chi connectivity index (χ0v) is 16.1. The van der Waals surface area contributed by atoms with Crippen LogP contribution in [0.3, 0.4) is 0 Å². The SMILES string of the molecule is COC[C@H](C)NC(=O)CN(c1ccc(Cl)cc1)S(=O)(=O)c1ccccc1. The number of anilines is 1. The fourth-order valence-electron chi connectivity index (χ4n) is 2.38. The molecule has 0 heterocycles. The molecule has 0 saturated carbocycles. The van der Waals surface area contributed by atoms with Gasteiger partial charge in [-0.05, 0) is 43.3 Å². The van der Waals surface area contributed by atoms with Gasteiger partial charge in [0.15, 0.2) is 0 Å². The van der Waals surface area contributed by atoms with Gasteiger partial charge in [0.1, 0.15) is 6.54 Å². The molecule has 6 nitrogen and oxygen atoms in total. The van der Waals surface area contributed by atoms with Crippen LogP contribution in [0.2, 0.25) is 5.02 Å². The van der Waals surface area contributed by atoms with Gasteiger partial charge in [-0.15, -0.1) is 0 Å². The molecule has 26 heavy (non-hydrogen) atoms. The van der Waals surface area contributed by atoms with Crippen LogP contribution in [0, 0.1) is 0 Å². The number of rotatable bonds is 8. The zero-order chi connectivity index (χ0) is 19.2. The highest BCUT2D eigenvalue weighted by molar-refractivity contribution is 7.92. The average molecular weight is 397 g/mol. The minimum atomic E-state index is -3.91. The molecule has 0 unspecified atom stereocenters. The zero-order valence-electron chi connectivity index (χ0n) is 14.6. The molecular weight excluding hydrogens is 376 g/mol. The molecule has 2 rings (SSSR count). The number of hydrogen-bond donors (Lipinski definition) is 1. The van der Waals surface area contributed by atoms with Crippen LogP contribution in [0.1, 0.15) is 6.92 Å². The van der Waals surface area contributed by atoms with Crippen molar-refractivity contribution in [3.05, 3.63) is 59.6 Å². The van der Waals surface area contributed by atoms with E-state index in [0.717, 1.165) is 4.31 Å². The van der Waals surface area contributed by atoms with Crippen LogP contribution in [0.15, 0.2) is 59.5 Å². The Morgan fingerprint density at radius 3 is 2.35 bits per heavy atom. The Morgan fingerprint density at radius 1 is 1.15 bits per heavy atom. The van der Waals surface area contributed by atoms with Gasteiger partial charge in [0.05, 0.1) is 17.2 Å². The fourth-order valence-corrected chi connectivity index (χ4v) is 3.95. The molecule has 0 saturated heterocycles. The Kier molecular flexibility index (Phi) is 7.02. The number of methoxy groups -OCH3 is 1. The Bertz CT molecular complexity index is 826. The molecule has 1 N–H and O–H groups in total. The van der Waals surface area contributed by atoms with Crippen molar-refractivity contribution in [2.45, 2.75) is 17.9 Å². The largest absolute Gasteiger partial charge is 0.383 e. The molecule has 8 heteroatoms. The first-order valence-corrected chi connectivity index (χ1v) is 9.78. The van der Waals surface area contributed by atoms with E-state index < -0.39 is 15.9 Å². The van der Waals surface area contributed by atoms with Gasteiger partial charge < -0.3 is 10.1 Å². The number of ether oxygens (including phenoxy) is 1. The number of benzene rings is 2. The summed E-state index contributed by atoms with van der Waals surface area (Å²) in [4.78, 5) is 12.5. The first-order chi connectivity index (χ1) is 12.3. The molecule has 0 bridgehead atoms. The smallest absolute Gasteiger partial charge is 0.264 e. The van der Waals surface area contributed by atoms with Crippen molar-refractivity contribution in [3.63, 3.8) is 0 Å². The van der Waals surface area contributed by atoms with E-state index in [1.54, 1.807) is 49.4 Å². The van der Waals surface area contributed by atoms with E-state index in [2.05, 4.69) is 5.32 Å². The van der Waals surface area contributed by atoms with Crippen LogP contribution in [-0.4, -0.2) is 40.6 Å². The summed E-state index contributed by atoms with van der Waals surface area (Å²) in [5.41, 5.74) is 0.354. The van der Waals surface area contributed by atoms with Gasteiger partial charge in [-0.25, -0.2) is 8.42 Å². The Balaban J connectivity index is 2.34. The van der Waals surface area contributed by atoms with Crippen LogP contribution in [-0.2, 0) is 19.6 Å². The maximum Gasteiger partial charge on any atom is 0.264 e. The second-order valence-corrected chi connectivity index (χ2v) is 8.02. The average Bonchev–Trinajstić information content (AvgIpc) is 2.61. The number of sulfonamides is 1. The molecule has 1 amide bonds. The quantitative estimate of drug-likeness (QED) is 0.744. The van der Waals surface area contributed by atoms with E-state index in [-0.39, 0.29) is 17.5 Å².